The van der Waals surface area contributed by atoms with Gasteiger partial charge in [-0.3, -0.25) is 9.59 Å². The van der Waals surface area contributed by atoms with Crippen LogP contribution in [0.2, 0.25) is 0 Å². The molecular weight excluding hydrogens is 316 g/mol. The maximum absolute atomic E-state index is 12.8. The summed E-state index contributed by atoms with van der Waals surface area (Å²) < 4.78 is 5.86. The zero-order chi connectivity index (χ0) is 17.2. The summed E-state index contributed by atoms with van der Waals surface area (Å²) >= 11 is 0. The highest BCUT2D eigenvalue weighted by molar-refractivity contribution is 5.95. The maximum atomic E-state index is 12.8. The lowest BCUT2D eigenvalue weighted by molar-refractivity contribution is -0.148. The number of nitrogens with zero attached hydrogens (tertiary/aromatic N) is 2. The maximum Gasteiger partial charge on any atom is 0.227 e. The second-order valence-electron chi connectivity index (χ2n) is 7.34. The molecule has 1 aliphatic carbocycles. The highest BCUT2D eigenvalue weighted by Crippen LogP contribution is 2.29. The van der Waals surface area contributed by atoms with Gasteiger partial charge in [0, 0.05) is 25.2 Å². The molecule has 2 saturated heterocycles. The van der Waals surface area contributed by atoms with E-state index in [1.54, 1.807) is 0 Å². The summed E-state index contributed by atoms with van der Waals surface area (Å²) in [5.74, 6) is 0.394. The smallest absolute Gasteiger partial charge is 0.227 e. The average molecular weight is 342 g/mol. The first kappa shape index (κ1) is 16.6. The average Bonchev–Trinajstić information content (AvgIpc) is 3.08. The summed E-state index contributed by atoms with van der Waals surface area (Å²) in [7, 11) is 0. The molecule has 3 aliphatic rings. The van der Waals surface area contributed by atoms with Gasteiger partial charge in [-0.25, -0.2) is 0 Å². The number of benzene rings is 1. The van der Waals surface area contributed by atoms with Crippen molar-refractivity contribution in [1.29, 1.82) is 0 Å². The van der Waals surface area contributed by atoms with E-state index in [0.29, 0.717) is 26.0 Å². The molecule has 2 amide bonds. The number of hydrogen-bond acceptors (Lipinski definition) is 3. The number of fused-ring (bicyclic) bond motifs is 1. The first-order chi connectivity index (χ1) is 12.2. The number of hydrogen-bond donors (Lipinski definition) is 0. The Kier molecular flexibility index (Phi) is 4.75. The van der Waals surface area contributed by atoms with E-state index in [9.17, 15) is 9.59 Å². The highest BCUT2D eigenvalue weighted by Gasteiger charge is 2.36. The molecule has 25 heavy (non-hydrogen) atoms. The molecule has 0 spiro atoms. The molecule has 0 radical (unpaired) electrons. The van der Waals surface area contributed by atoms with Crippen LogP contribution in [0.1, 0.15) is 44.1 Å². The molecule has 4 rings (SSSR count). The van der Waals surface area contributed by atoms with Crippen LogP contribution in [-0.4, -0.2) is 48.6 Å². The van der Waals surface area contributed by atoms with Gasteiger partial charge in [0.2, 0.25) is 11.8 Å². The molecule has 0 bridgehead atoms. The normalized spacial score (nSPS) is 26.6. The van der Waals surface area contributed by atoms with Crippen molar-refractivity contribution in [3.8, 4) is 0 Å². The summed E-state index contributed by atoms with van der Waals surface area (Å²) in [5, 5.41) is 0. The number of ether oxygens (including phenoxy) is 1. The predicted octanol–water partition coefficient (Wildman–Crippen LogP) is 2.53. The first-order valence-electron chi connectivity index (χ1n) is 9.53. The standard InChI is InChI=1S/C20H26N2O3/c23-19-6-3-11-21(19)16-9-7-15(8-10-16)14-20(24)22-12-13-25-18-5-2-1-4-17(18)22/h7-10,17-18H,1-6,11-14H2/t17-,18+/m1/s1. The van der Waals surface area contributed by atoms with E-state index < -0.39 is 0 Å². The number of anilines is 1. The fraction of sp³-hybridized carbons (Fsp3) is 0.600. The Hall–Kier alpha value is -1.88. The third-order valence-electron chi connectivity index (χ3n) is 5.73. The Morgan fingerprint density at radius 1 is 1.08 bits per heavy atom. The van der Waals surface area contributed by atoms with E-state index in [0.717, 1.165) is 37.1 Å². The number of carbonyl (C=O) groups is 2. The van der Waals surface area contributed by atoms with Crippen LogP contribution < -0.4 is 4.90 Å². The summed E-state index contributed by atoms with van der Waals surface area (Å²) in [6.45, 7) is 2.16. The van der Waals surface area contributed by atoms with Crippen molar-refractivity contribution < 1.29 is 14.3 Å². The third kappa shape index (κ3) is 3.43. The van der Waals surface area contributed by atoms with Gasteiger partial charge in [-0.1, -0.05) is 25.0 Å². The highest BCUT2D eigenvalue weighted by atomic mass is 16.5. The summed E-state index contributed by atoms with van der Waals surface area (Å²) in [4.78, 5) is 28.5. The van der Waals surface area contributed by atoms with Crippen molar-refractivity contribution >= 4 is 17.5 Å². The molecule has 0 N–H and O–H groups in total. The van der Waals surface area contributed by atoms with Crippen LogP contribution in [0.3, 0.4) is 0 Å². The van der Waals surface area contributed by atoms with E-state index in [4.69, 9.17) is 4.74 Å². The molecule has 2 atom stereocenters. The molecule has 0 aromatic heterocycles. The number of rotatable bonds is 3. The van der Waals surface area contributed by atoms with Gasteiger partial charge in [0.1, 0.15) is 0 Å². The molecule has 134 valence electrons. The fourth-order valence-electron chi connectivity index (χ4n) is 4.40. The van der Waals surface area contributed by atoms with E-state index in [1.807, 2.05) is 34.1 Å². The van der Waals surface area contributed by atoms with Crippen LogP contribution in [-0.2, 0) is 20.7 Å². The zero-order valence-electron chi connectivity index (χ0n) is 14.7. The van der Waals surface area contributed by atoms with Crippen LogP contribution in [0.15, 0.2) is 24.3 Å². The number of morpholine rings is 1. The Labute approximate surface area is 148 Å². The monoisotopic (exact) mass is 342 g/mol. The van der Waals surface area contributed by atoms with Crippen LogP contribution in [0.25, 0.3) is 0 Å². The van der Waals surface area contributed by atoms with Crippen LogP contribution in [0.5, 0.6) is 0 Å². The van der Waals surface area contributed by atoms with Gasteiger partial charge in [0.05, 0.1) is 25.2 Å². The lowest BCUT2D eigenvalue weighted by Gasteiger charge is -2.43. The van der Waals surface area contributed by atoms with Gasteiger partial charge in [-0.2, -0.15) is 0 Å². The second kappa shape index (κ2) is 7.16. The quantitative estimate of drug-likeness (QED) is 0.848. The van der Waals surface area contributed by atoms with Gasteiger partial charge in [-0.15, -0.1) is 0 Å². The summed E-state index contributed by atoms with van der Waals surface area (Å²) in [6, 6.07) is 8.16. The topological polar surface area (TPSA) is 49.9 Å². The van der Waals surface area contributed by atoms with Gasteiger partial charge in [-0.05, 0) is 37.0 Å². The summed E-state index contributed by atoms with van der Waals surface area (Å²) in [5.41, 5.74) is 1.96. The molecule has 2 aliphatic heterocycles. The number of carbonyl (C=O) groups excluding carboxylic acids is 2. The second-order valence-corrected chi connectivity index (χ2v) is 7.34. The molecule has 3 fully saturated rings. The first-order valence-corrected chi connectivity index (χ1v) is 9.53. The fourth-order valence-corrected chi connectivity index (χ4v) is 4.40. The Morgan fingerprint density at radius 3 is 2.64 bits per heavy atom. The minimum atomic E-state index is 0.195. The Balaban J connectivity index is 1.41. The lowest BCUT2D eigenvalue weighted by atomic mass is 9.90. The van der Waals surface area contributed by atoms with E-state index in [2.05, 4.69) is 0 Å². The van der Waals surface area contributed by atoms with Gasteiger partial charge in [0.25, 0.3) is 0 Å². The van der Waals surface area contributed by atoms with E-state index in [1.165, 1.54) is 12.8 Å². The summed E-state index contributed by atoms with van der Waals surface area (Å²) in [6.07, 6.45) is 6.76. The van der Waals surface area contributed by atoms with Crippen molar-refractivity contribution in [2.45, 2.75) is 57.1 Å². The molecule has 1 aromatic rings. The largest absolute Gasteiger partial charge is 0.374 e. The van der Waals surface area contributed by atoms with Gasteiger partial charge >= 0.3 is 0 Å². The van der Waals surface area contributed by atoms with E-state index in [-0.39, 0.29) is 24.0 Å². The zero-order valence-corrected chi connectivity index (χ0v) is 14.7. The number of amides is 2. The van der Waals surface area contributed by atoms with Crippen molar-refractivity contribution in [2.24, 2.45) is 0 Å². The van der Waals surface area contributed by atoms with Crippen molar-refractivity contribution in [1.82, 2.24) is 4.90 Å². The Bertz CT molecular complexity index is 641. The predicted molar refractivity (Wildman–Crippen MR) is 95.4 cm³/mol. The Morgan fingerprint density at radius 2 is 1.88 bits per heavy atom. The molecule has 1 aromatic carbocycles. The van der Waals surface area contributed by atoms with Crippen LogP contribution >= 0.6 is 0 Å². The van der Waals surface area contributed by atoms with Crippen molar-refractivity contribution in [3.63, 3.8) is 0 Å². The van der Waals surface area contributed by atoms with Gasteiger partial charge in [0.15, 0.2) is 0 Å². The molecule has 1 saturated carbocycles. The van der Waals surface area contributed by atoms with Crippen LogP contribution in [0, 0.1) is 0 Å². The molecule has 0 unspecified atom stereocenters. The van der Waals surface area contributed by atoms with E-state index >= 15 is 0 Å². The molecule has 2 heterocycles. The SMILES string of the molecule is O=C1CCCN1c1ccc(CC(=O)N2CCO[C@H]3CCCC[C@H]32)cc1. The van der Waals surface area contributed by atoms with Crippen molar-refractivity contribution in [3.05, 3.63) is 29.8 Å². The molecular formula is C20H26N2O3. The third-order valence-corrected chi connectivity index (χ3v) is 5.73. The molecule has 5 heteroatoms. The van der Waals surface area contributed by atoms with Crippen LogP contribution in [0.4, 0.5) is 5.69 Å². The molecule has 5 nitrogen and oxygen atoms in total. The minimum Gasteiger partial charge on any atom is -0.374 e. The lowest BCUT2D eigenvalue weighted by Crippen LogP contribution is -2.55. The minimum absolute atomic E-state index is 0.195. The van der Waals surface area contributed by atoms with Gasteiger partial charge < -0.3 is 14.5 Å². The van der Waals surface area contributed by atoms with Crippen molar-refractivity contribution in [2.75, 3.05) is 24.6 Å².